The molecule has 0 aromatic rings. The summed E-state index contributed by atoms with van der Waals surface area (Å²) in [6.45, 7) is 5.60. The molecule has 1 aliphatic heterocycles. The Balaban J connectivity index is 2.09. The summed E-state index contributed by atoms with van der Waals surface area (Å²) in [5.41, 5.74) is 5.22. The fourth-order valence-electron chi connectivity index (χ4n) is 3.75. The first-order valence-electron chi connectivity index (χ1n) is 8.16. The van der Waals surface area contributed by atoms with Crippen molar-refractivity contribution in [2.24, 2.45) is 23.0 Å². The molecule has 1 amide bonds. The largest absolute Gasteiger partial charge is 0.392 e. The zero-order valence-corrected chi connectivity index (χ0v) is 14.0. The van der Waals surface area contributed by atoms with Crippen molar-refractivity contribution in [3.05, 3.63) is 0 Å². The van der Waals surface area contributed by atoms with Gasteiger partial charge in [0, 0.05) is 19.3 Å². The molecule has 21 heavy (non-hydrogen) atoms. The average molecular weight is 312 g/mol. The monoisotopic (exact) mass is 312 g/mol. The van der Waals surface area contributed by atoms with Crippen molar-refractivity contribution in [1.29, 1.82) is 0 Å². The van der Waals surface area contributed by atoms with Crippen molar-refractivity contribution in [3.63, 3.8) is 0 Å². The SMILES string of the molecule is CC(C)C1CCCCC1NC(=O)C1(C(N)=S)CCOCC1. The minimum absolute atomic E-state index is 0.0239. The van der Waals surface area contributed by atoms with Crippen LogP contribution < -0.4 is 11.1 Å². The third-order valence-corrected chi connectivity index (χ3v) is 5.64. The van der Waals surface area contributed by atoms with E-state index in [0.29, 0.717) is 42.9 Å². The summed E-state index contributed by atoms with van der Waals surface area (Å²) in [7, 11) is 0. The van der Waals surface area contributed by atoms with Gasteiger partial charge in [-0.15, -0.1) is 0 Å². The number of nitrogens with one attached hydrogen (secondary N) is 1. The van der Waals surface area contributed by atoms with Gasteiger partial charge in [-0.3, -0.25) is 4.79 Å². The van der Waals surface area contributed by atoms with Gasteiger partial charge in [-0.05, 0) is 37.5 Å². The number of thiocarbonyl (C=S) groups is 1. The first-order chi connectivity index (χ1) is 9.97. The van der Waals surface area contributed by atoms with Gasteiger partial charge in [-0.25, -0.2) is 0 Å². The predicted octanol–water partition coefficient (Wildman–Crippen LogP) is 2.40. The molecule has 0 aromatic heterocycles. The van der Waals surface area contributed by atoms with Gasteiger partial charge in [0.25, 0.3) is 0 Å². The molecular formula is C16H28N2O2S. The van der Waals surface area contributed by atoms with Gasteiger partial charge < -0.3 is 15.8 Å². The smallest absolute Gasteiger partial charge is 0.233 e. The van der Waals surface area contributed by atoms with E-state index in [0.717, 1.165) is 6.42 Å². The van der Waals surface area contributed by atoms with Crippen molar-refractivity contribution < 1.29 is 9.53 Å². The summed E-state index contributed by atoms with van der Waals surface area (Å²) in [6.07, 6.45) is 5.94. The van der Waals surface area contributed by atoms with Crippen LogP contribution in [0.2, 0.25) is 0 Å². The van der Waals surface area contributed by atoms with E-state index in [2.05, 4.69) is 19.2 Å². The van der Waals surface area contributed by atoms with Gasteiger partial charge in [0.05, 0.1) is 4.99 Å². The Kier molecular flexibility index (Phi) is 5.60. The molecule has 3 N–H and O–H groups in total. The Morgan fingerprint density at radius 2 is 1.90 bits per heavy atom. The molecule has 1 saturated carbocycles. The van der Waals surface area contributed by atoms with E-state index in [4.69, 9.17) is 22.7 Å². The molecule has 4 nitrogen and oxygen atoms in total. The predicted molar refractivity (Wildman–Crippen MR) is 88.0 cm³/mol. The highest BCUT2D eigenvalue weighted by molar-refractivity contribution is 7.80. The maximum absolute atomic E-state index is 12.9. The van der Waals surface area contributed by atoms with E-state index in [1.807, 2.05) is 0 Å². The Morgan fingerprint density at radius 1 is 1.29 bits per heavy atom. The molecule has 0 bridgehead atoms. The van der Waals surface area contributed by atoms with E-state index in [1.165, 1.54) is 19.3 Å². The van der Waals surface area contributed by atoms with Crippen LogP contribution in [-0.2, 0) is 9.53 Å². The number of amides is 1. The molecule has 2 rings (SSSR count). The second-order valence-corrected chi connectivity index (χ2v) is 7.27. The number of nitrogens with two attached hydrogens (primary N) is 1. The van der Waals surface area contributed by atoms with Crippen LogP contribution in [0.25, 0.3) is 0 Å². The lowest BCUT2D eigenvalue weighted by Gasteiger charge is -2.40. The third-order valence-electron chi connectivity index (χ3n) is 5.24. The molecular weight excluding hydrogens is 284 g/mol. The Bertz CT molecular complexity index is 392. The van der Waals surface area contributed by atoms with Crippen molar-refractivity contribution in [3.8, 4) is 0 Å². The standard InChI is InChI=1S/C16H28N2O2S/c1-11(2)12-5-3-4-6-13(12)18-15(19)16(14(17)21)7-9-20-10-8-16/h11-13H,3-10H2,1-2H3,(H2,17,21)(H,18,19). The number of ether oxygens (including phenoxy) is 1. The molecule has 0 spiro atoms. The van der Waals surface area contributed by atoms with E-state index >= 15 is 0 Å². The second kappa shape index (κ2) is 7.05. The van der Waals surface area contributed by atoms with Crippen LogP contribution in [0.5, 0.6) is 0 Å². The minimum Gasteiger partial charge on any atom is -0.392 e. The molecule has 1 saturated heterocycles. The summed E-state index contributed by atoms with van der Waals surface area (Å²) in [6, 6.07) is 0.264. The van der Waals surface area contributed by atoms with Crippen LogP contribution in [0.1, 0.15) is 52.4 Å². The first-order valence-corrected chi connectivity index (χ1v) is 8.57. The Hall–Kier alpha value is -0.680. The quantitative estimate of drug-likeness (QED) is 0.782. The van der Waals surface area contributed by atoms with Crippen molar-refractivity contribution in [1.82, 2.24) is 5.32 Å². The topological polar surface area (TPSA) is 64.4 Å². The van der Waals surface area contributed by atoms with Gasteiger partial charge in [0.1, 0.15) is 5.41 Å². The summed E-state index contributed by atoms with van der Waals surface area (Å²) < 4.78 is 5.38. The summed E-state index contributed by atoms with van der Waals surface area (Å²) in [4.78, 5) is 13.2. The van der Waals surface area contributed by atoms with Crippen LogP contribution in [0.4, 0.5) is 0 Å². The van der Waals surface area contributed by atoms with E-state index in [9.17, 15) is 4.79 Å². The Labute approximate surface area is 133 Å². The molecule has 120 valence electrons. The number of hydrogen-bond acceptors (Lipinski definition) is 3. The maximum atomic E-state index is 12.9. The van der Waals surface area contributed by atoms with E-state index < -0.39 is 5.41 Å². The van der Waals surface area contributed by atoms with Gasteiger partial charge in [-0.1, -0.05) is 38.9 Å². The fourth-order valence-corrected chi connectivity index (χ4v) is 4.05. The minimum atomic E-state index is -0.702. The molecule has 0 radical (unpaired) electrons. The van der Waals surface area contributed by atoms with Crippen LogP contribution in [-0.4, -0.2) is 30.2 Å². The molecule has 5 heteroatoms. The third kappa shape index (κ3) is 3.57. The molecule has 2 unspecified atom stereocenters. The second-order valence-electron chi connectivity index (χ2n) is 6.83. The lowest BCUT2D eigenvalue weighted by atomic mass is 9.75. The average Bonchev–Trinajstić information content (AvgIpc) is 2.48. The van der Waals surface area contributed by atoms with Crippen molar-refractivity contribution in [2.45, 2.75) is 58.4 Å². The van der Waals surface area contributed by atoms with Crippen LogP contribution in [0, 0.1) is 17.3 Å². The van der Waals surface area contributed by atoms with Crippen LogP contribution in [0.3, 0.4) is 0 Å². The number of rotatable bonds is 4. The fraction of sp³-hybridized carbons (Fsp3) is 0.875. The Morgan fingerprint density at radius 3 is 2.48 bits per heavy atom. The summed E-state index contributed by atoms with van der Waals surface area (Å²) in [5, 5.41) is 3.28. The van der Waals surface area contributed by atoms with Crippen LogP contribution in [0.15, 0.2) is 0 Å². The highest BCUT2D eigenvalue weighted by Gasteiger charge is 2.44. The molecule has 2 fully saturated rings. The van der Waals surface area contributed by atoms with Gasteiger partial charge in [0.15, 0.2) is 0 Å². The normalized spacial score (nSPS) is 29.1. The zero-order valence-electron chi connectivity index (χ0n) is 13.2. The highest BCUT2D eigenvalue weighted by atomic mass is 32.1. The number of carbonyl (C=O) groups excluding carboxylic acids is 1. The van der Waals surface area contributed by atoms with Crippen LogP contribution >= 0.6 is 12.2 Å². The highest BCUT2D eigenvalue weighted by Crippen LogP contribution is 2.34. The lowest BCUT2D eigenvalue weighted by Crippen LogP contribution is -2.56. The molecule has 1 heterocycles. The van der Waals surface area contributed by atoms with E-state index in [1.54, 1.807) is 0 Å². The first kappa shape index (κ1) is 16.7. The van der Waals surface area contributed by atoms with Crippen molar-refractivity contribution in [2.75, 3.05) is 13.2 Å². The maximum Gasteiger partial charge on any atom is 0.233 e. The van der Waals surface area contributed by atoms with Gasteiger partial charge in [0.2, 0.25) is 5.91 Å². The zero-order chi connectivity index (χ0) is 15.5. The van der Waals surface area contributed by atoms with Gasteiger partial charge in [-0.2, -0.15) is 0 Å². The van der Waals surface area contributed by atoms with E-state index in [-0.39, 0.29) is 11.9 Å². The molecule has 2 aliphatic rings. The summed E-state index contributed by atoms with van der Waals surface area (Å²) >= 11 is 5.21. The molecule has 2 atom stereocenters. The van der Waals surface area contributed by atoms with Crippen molar-refractivity contribution >= 4 is 23.1 Å². The number of hydrogen-bond donors (Lipinski definition) is 2. The molecule has 0 aromatic carbocycles. The van der Waals surface area contributed by atoms with Gasteiger partial charge >= 0.3 is 0 Å². The lowest BCUT2D eigenvalue weighted by molar-refractivity contribution is -0.133. The number of carbonyl (C=O) groups is 1. The molecule has 1 aliphatic carbocycles. The summed E-state index contributed by atoms with van der Waals surface area (Å²) in [5.74, 6) is 1.17.